The van der Waals surface area contributed by atoms with Crippen LogP contribution in [0.15, 0.2) is 66.7 Å². The maximum absolute atomic E-state index is 13.2. The third kappa shape index (κ3) is 4.86. The van der Waals surface area contributed by atoms with Gasteiger partial charge in [-0.1, -0.05) is 48.5 Å². The SMILES string of the molecule is CN(C)CCCNc1nc(CN(C)C(=O)c2cccc3ccccc23)nc2ccccc12. The molecule has 0 saturated heterocycles. The van der Waals surface area contributed by atoms with Gasteiger partial charge in [0.1, 0.15) is 5.82 Å². The molecular formula is C26H29N5O. The van der Waals surface area contributed by atoms with Gasteiger partial charge in [0.25, 0.3) is 5.91 Å². The van der Waals surface area contributed by atoms with E-state index in [1.165, 1.54) is 0 Å². The van der Waals surface area contributed by atoms with Gasteiger partial charge in [-0.05, 0) is 56.0 Å². The molecule has 0 bridgehead atoms. The molecule has 0 aliphatic rings. The zero-order chi connectivity index (χ0) is 22.5. The smallest absolute Gasteiger partial charge is 0.254 e. The van der Waals surface area contributed by atoms with E-state index < -0.39 is 0 Å². The van der Waals surface area contributed by atoms with Crippen molar-refractivity contribution in [1.29, 1.82) is 0 Å². The Bertz CT molecular complexity index is 1230. The predicted octanol–water partition coefficient (Wildman–Crippen LogP) is 4.42. The van der Waals surface area contributed by atoms with Crippen LogP contribution in [0.25, 0.3) is 21.7 Å². The lowest BCUT2D eigenvalue weighted by molar-refractivity contribution is 0.0783. The van der Waals surface area contributed by atoms with Crippen molar-refractivity contribution in [2.75, 3.05) is 39.5 Å². The van der Waals surface area contributed by atoms with E-state index >= 15 is 0 Å². The summed E-state index contributed by atoms with van der Waals surface area (Å²) < 4.78 is 0. The fourth-order valence-electron chi connectivity index (χ4n) is 3.83. The highest BCUT2D eigenvalue weighted by Crippen LogP contribution is 2.22. The van der Waals surface area contributed by atoms with Crippen LogP contribution >= 0.6 is 0 Å². The van der Waals surface area contributed by atoms with Crippen molar-refractivity contribution in [3.05, 3.63) is 78.1 Å². The topological polar surface area (TPSA) is 61.4 Å². The minimum absolute atomic E-state index is 0.0425. The second-order valence-corrected chi connectivity index (χ2v) is 8.28. The Morgan fingerprint density at radius 1 is 0.875 bits per heavy atom. The van der Waals surface area contributed by atoms with Crippen LogP contribution in [0, 0.1) is 0 Å². The quantitative estimate of drug-likeness (QED) is 0.422. The minimum atomic E-state index is -0.0425. The van der Waals surface area contributed by atoms with Crippen LogP contribution in [0.3, 0.4) is 0 Å². The summed E-state index contributed by atoms with van der Waals surface area (Å²) in [6.45, 7) is 2.16. The summed E-state index contributed by atoms with van der Waals surface area (Å²) in [6, 6.07) is 21.7. The third-order valence-electron chi connectivity index (χ3n) is 5.47. The zero-order valence-corrected chi connectivity index (χ0v) is 18.9. The van der Waals surface area contributed by atoms with E-state index in [0.717, 1.165) is 47.0 Å². The van der Waals surface area contributed by atoms with E-state index in [9.17, 15) is 4.79 Å². The molecular weight excluding hydrogens is 398 g/mol. The van der Waals surface area contributed by atoms with Crippen molar-refractivity contribution in [1.82, 2.24) is 19.8 Å². The molecule has 0 atom stereocenters. The third-order valence-corrected chi connectivity index (χ3v) is 5.47. The number of nitrogens with one attached hydrogen (secondary N) is 1. The van der Waals surface area contributed by atoms with E-state index in [1.54, 1.807) is 11.9 Å². The molecule has 164 valence electrons. The van der Waals surface area contributed by atoms with Gasteiger partial charge in [-0.2, -0.15) is 0 Å². The molecule has 4 aromatic rings. The van der Waals surface area contributed by atoms with Crippen molar-refractivity contribution in [3.63, 3.8) is 0 Å². The Hall–Kier alpha value is -3.51. The molecule has 6 heteroatoms. The van der Waals surface area contributed by atoms with Crippen LogP contribution in [0.5, 0.6) is 0 Å². The first-order chi connectivity index (χ1) is 15.5. The van der Waals surface area contributed by atoms with Crippen LogP contribution in [-0.2, 0) is 6.54 Å². The van der Waals surface area contributed by atoms with Gasteiger partial charge in [-0.3, -0.25) is 4.79 Å². The first kappa shape index (κ1) is 21.7. The van der Waals surface area contributed by atoms with E-state index in [-0.39, 0.29) is 5.91 Å². The van der Waals surface area contributed by atoms with Gasteiger partial charge in [0.15, 0.2) is 5.82 Å². The maximum atomic E-state index is 13.2. The molecule has 0 fully saturated rings. The Labute approximate surface area is 188 Å². The normalized spacial score (nSPS) is 11.2. The molecule has 6 nitrogen and oxygen atoms in total. The summed E-state index contributed by atoms with van der Waals surface area (Å²) >= 11 is 0. The molecule has 0 spiro atoms. The summed E-state index contributed by atoms with van der Waals surface area (Å²) in [5.41, 5.74) is 1.56. The van der Waals surface area contributed by atoms with E-state index in [0.29, 0.717) is 17.9 Å². The fourth-order valence-corrected chi connectivity index (χ4v) is 3.83. The number of nitrogens with zero attached hydrogens (tertiary/aromatic N) is 4. The fraction of sp³-hybridized carbons (Fsp3) is 0.269. The highest BCUT2D eigenvalue weighted by Gasteiger charge is 2.17. The van der Waals surface area contributed by atoms with Crippen LogP contribution < -0.4 is 5.32 Å². The number of anilines is 1. The maximum Gasteiger partial charge on any atom is 0.254 e. The predicted molar refractivity (Wildman–Crippen MR) is 131 cm³/mol. The monoisotopic (exact) mass is 427 g/mol. The summed E-state index contributed by atoms with van der Waals surface area (Å²) in [5, 5.41) is 6.46. The van der Waals surface area contributed by atoms with Gasteiger partial charge >= 0.3 is 0 Å². The van der Waals surface area contributed by atoms with Crippen molar-refractivity contribution >= 4 is 33.4 Å². The number of aromatic nitrogens is 2. The van der Waals surface area contributed by atoms with Crippen LogP contribution in [0.4, 0.5) is 5.82 Å². The van der Waals surface area contributed by atoms with Gasteiger partial charge in [0.2, 0.25) is 0 Å². The Morgan fingerprint density at radius 3 is 2.41 bits per heavy atom. The first-order valence-electron chi connectivity index (χ1n) is 10.9. The van der Waals surface area contributed by atoms with E-state index in [1.807, 2.05) is 66.7 Å². The molecule has 0 unspecified atom stereocenters. The molecule has 3 aromatic carbocycles. The zero-order valence-electron chi connectivity index (χ0n) is 18.9. The highest BCUT2D eigenvalue weighted by atomic mass is 16.2. The number of carbonyl (C=O) groups excluding carboxylic acids is 1. The first-order valence-corrected chi connectivity index (χ1v) is 10.9. The van der Waals surface area contributed by atoms with Crippen LogP contribution in [0.1, 0.15) is 22.6 Å². The summed E-state index contributed by atoms with van der Waals surface area (Å²) in [4.78, 5) is 26.6. The number of hydrogen-bond acceptors (Lipinski definition) is 5. The van der Waals surface area contributed by atoms with Gasteiger partial charge in [0, 0.05) is 24.5 Å². The molecule has 0 aliphatic carbocycles. The van der Waals surface area contributed by atoms with Crippen molar-refractivity contribution in [2.24, 2.45) is 0 Å². The molecule has 1 N–H and O–H groups in total. The van der Waals surface area contributed by atoms with Gasteiger partial charge in [0.05, 0.1) is 12.1 Å². The Kier molecular flexibility index (Phi) is 6.61. The number of hydrogen-bond donors (Lipinski definition) is 1. The lowest BCUT2D eigenvalue weighted by Crippen LogP contribution is -2.27. The molecule has 1 amide bonds. The van der Waals surface area contributed by atoms with E-state index in [4.69, 9.17) is 9.97 Å². The second kappa shape index (κ2) is 9.75. The average molecular weight is 428 g/mol. The summed E-state index contributed by atoms with van der Waals surface area (Å²) in [5.74, 6) is 1.39. The molecule has 0 aliphatic heterocycles. The lowest BCUT2D eigenvalue weighted by atomic mass is 10.0. The molecule has 4 rings (SSSR count). The second-order valence-electron chi connectivity index (χ2n) is 8.28. The number of amides is 1. The van der Waals surface area contributed by atoms with Gasteiger partial charge in [-0.15, -0.1) is 0 Å². The number of rotatable bonds is 8. The lowest BCUT2D eigenvalue weighted by Gasteiger charge is -2.19. The minimum Gasteiger partial charge on any atom is -0.369 e. The Morgan fingerprint density at radius 2 is 1.59 bits per heavy atom. The average Bonchev–Trinajstić information content (AvgIpc) is 2.80. The highest BCUT2D eigenvalue weighted by molar-refractivity contribution is 6.06. The summed E-state index contributed by atoms with van der Waals surface area (Å²) in [6.07, 6.45) is 1.01. The number of carbonyl (C=O) groups is 1. The standard InChI is InChI=1S/C26H29N5O/c1-30(2)17-9-16-27-25-22-13-6-7-15-23(22)28-24(29-25)18-31(3)26(32)21-14-8-11-19-10-4-5-12-20(19)21/h4-8,10-15H,9,16-18H2,1-3H3,(H,27,28,29). The van der Waals surface area contributed by atoms with Crippen molar-refractivity contribution in [2.45, 2.75) is 13.0 Å². The molecule has 0 radical (unpaired) electrons. The van der Waals surface area contributed by atoms with Crippen LogP contribution in [-0.4, -0.2) is 59.9 Å². The number of benzene rings is 3. The van der Waals surface area contributed by atoms with Crippen LogP contribution in [0.2, 0.25) is 0 Å². The summed E-state index contributed by atoms with van der Waals surface area (Å²) in [7, 11) is 5.94. The van der Waals surface area contributed by atoms with E-state index in [2.05, 4.69) is 24.3 Å². The van der Waals surface area contributed by atoms with Crippen molar-refractivity contribution < 1.29 is 4.79 Å². The van der Waals surface area contributed by atoms with Crippen molar-refractivity contribution in [3.8, 4) is 0 Å². The van der Waals surface area contributed by atoms with Gasteiger partial charge in [-0.25, -0.2) is 9.97 Å². The number of para-hydroxylation sites is 1. The van der Waals surface area contributed by atoms with Gasteiger partial charge < -0.3 is 15.1 Å². The molecule has 1 heterocycles. The number of fused-ring (bicyclic) bond motifs is 2. The largest absolute Gasteiger partial charge is 0.369 e. The molecule has 0 saturated carbocycles. The molecule has 1 aromatic heterocycles. The Balaban J connectivity index is 1.57. The molecule has 32 heavy (non-hydrogen) atoms.